The van der Waals surface area contributed by atoms with Gasteiger partial charge in [-0.25, -0.2) is 18.7 Å². The van der Waals surface area contributed by atoms with Gasteiger partial charge in [-0.1, -0.05) is 0 Å². The second-order valence-electron chi connectivity index (χ2n) is 3.39. The molecule has 0 radical (unpaired) electrons. The van der Waals surface area contributed by atoms with Gasteiger partial charge in [-0.15, -0.1) is 0 Å². The Labute approximate surface area is 102 Å². The summed E-state index contributed by atoms with van der Waals surface area (Å²) in [4.78, 5) is 7.59. The molecule has 0 aliphatic rings. The number of halogens is 2. The summed E-state index contributed by atoms with van der Waals surface area (Å²) in [6, 6.07) is 3.04. The van der Waals surface area contributed by atoms with Gasteiger partial charge in [-0.2, -0.15) is 0 Å². The number of methoxy groups -OCH3 is 1. The van der Waals surface area contributed by atoms with Gasteiger partial charge in [0, 0.05) is 6.07 Å². The fourth-order valence-electron chi connectivity index (χ4n) is 1.40. The topological polar surface area (TPSA) is 73.1 Å². The molecule has 1 heterocycles. The lowest BCUT2D eigenvalue weighted by atomic mass is 10.3. The van der Waals surface area contributed by atoms with Gasteiger partial charge in [0.25, 0.3) is 0 Å². The average molecular weight is 252 g/mol. The average Bonchev–Trinajstić information content (AvgIpc) is 2.34. The van der Waals surface area contributed by atoms with E-state index >= 15 is 0 Å². The number of hydrogen-bond donors (Lipinski definition) is 2. The number of nitrogen functional groups attached to an aromatic ring is 1. The number of nitrogens with two attached hydrogens (primary N) is 1. The van der Waals surface area contributed by atoms with Crippen LogP contribution >= 0.6 is 0 Å². The van der Waals surface area contributed by atoms with E-state index in [4.69, 9.17) is 10.5 Å². The van der Waals surface area contributed by atoms with Crippen LogP contribution in [0.2, 0.25) is 0 Å². The highest BCUT2D eigenvalue weighted by molar-refractivity contribution is 5.68. The Morgan fingerprint density at radius 2 is 2.06 bits per heavy atom. The Hall–Kier alpha value is -2.44. The van der Waals surface area contributed by atoms with E-state index in [1.54, 1.807) is 0 Å². The highest BCUT2D eigenvalue weighted by Crippen LogP contribution is 2.30. The van der Waals surface area contributed by atoms with Crippen LogP contribution in [0.1, 0.15) is 0 Å². The molecule has 94 valence electrons. The smallest absolute Gasteiger partial charge is 0.204 e. The number of nitrogens with one attached hydrogen (secondary N) is 1. The third-order valence-corrected chi connectivity index (χ3v) is 2.22. The van der Waals surface area contributed by atoms with Gasteiger partial charge >= 0.3 is 0 Å². The summed E-state index contributed by atoms with van der Waals surface area (Å²) in [5.41, 5.74) is 5.51. The minimum Gasteiger partial charge on any atom is -0.490 e. The van der Waals surface area contributed by atoms with E-state index in [2.05, 4.69) is 15.3 Å². The molecule has 0 saturated heterocycles. The Morgan fingerprint density at radius 1 is 1.28 bits per heavy atom. The molecular weight excluding hydrogens is 242 g/mol. The SMILES string of the molecule is COc1c(N)ncnc1Nc1cc(F)ccc1F. The van der Waals surface area contributed by atoms with Gasteiger partial charge in [0.15, 0.2) is 11.6 Å². The molecular formula is C11H10F2N4O. The molecule has 18 heavy (non-hydrogen) atoms. The van der Waals surface area contributed by atoms with Crippen LogP contribution in [-0.4, -0.2) is 17.1 Å². The maximum atomic E-state index is 13.4. The summed E-state index contributed by atoms with van der Waals surface area (Å²) in [7, 11) is 1.38. The first-order valence-electron chi connectivity index (χ1n) is 4.98. The highest BCUT2D eigenvalue weighted by atomic mass is 19.1. The Morgan fingerprint density at radius 3 is 2.78 bits per heavy atom. The quantitative estimate of drug-likeness (QED) is 0.875. The third kappa shape index (κ3) is 2.29. The summed E-state index contributed by atoms with van der Waals surface area (Å²) in [6.45, 7) is 0. The number of anilines is 3. The largest absolute Gasteiger partial charge is 0.490 e. The van der Waals surface area contributed by atoms with Gasteiger partial charge in [-0.3, -0.25) is 0 Å². The molecule has 0 amide bonds. The first-order valence-corrected chi connectivity index (χ1v) is 4.98. The molecule has 2 aromatic rings. The standard InChI is InChI=1S/C11H10F2N4O/c1-18-9-10(14)15-5-16-11(9)17-8-4-6(12)2-3-7(8)13/h2-5H,1H3,(H3,14,15,16,17). The van der Waals surface area contributed by atoms with Crippen LogP contribution in [0.5, 0.6) is 5.75 Å². The van der Waals surface area contributed by atoms with Crippen molar-refractivity contribution in [1.82, 2.24) is 9.97 Å². The van der Waals surface area contributed by atoms with Crippen molar-refractivity contribution in [1.29, 1.82) is 0 Å². The van der Waals surface area contributed by atoms with Crippen LogP contribution in [0.4, 0.5) is 26.1 Å². The summed E-state index contributed by atoms with van der Waals surface area (Å²) < 4.78 is 31.5. The summed E-state index contributed by atoms with van der Waals surface area (Å²) in [5.74, 6) is -0.752. The molecule has 1 aromatic carbocycles. The predicted molar refractivity (Wildman–Crippen MR) is 62.6 cm³/mol. The van der Waals surface area contributed by atoms with Crippen molar-refractivity contribution in [2.45, 2.75) is 0 Å². The molecule has 7 heteroatoms. The van der Waals surface area contributed by atoms with Gasteiger partial charge in [-0.05, 0) is 12.1 Å². The summed E-state index contributed by atoms with van der Waals surface area (Å²) >= 11 is 0. The molecule has 0 bridgehead atoms. The Bertz CT molecular complexity index is 577. The van der Waals surface area contributed by atoms with Crippen LogP contribution < -0.4 is 15.8 Å². The van der Waals surface area contributed by atoms with Crippen LogP contribution in [0.15, 0.2) is 24.5 Å². The van der Waals surface area contributed by atoms with Crippen LogP contribution in [0.3, 0.4) is 0 Å². The van der Waals surface area contributed by atoms with E-state index in [0.29, 0.717) is 0 Å². The second kappa shape index (κ2) is 4.82. The predicted octanol–water partition coefficient (Wildman–Crippen LogP) is 2.09. The van der Waals surface area contributed by atoms with Crippen molar-refractivity contribution in [2.75, 3.05) is 18.2 Å². The lowest BCUT2D eigenvalue weighted by molar-refractivity contribution is 0.415. The van der Waals surface area contributed by atoms with Crippen LogP contribution in [0.25, 0.3) is 0 Å². The van der Waals surface area contributed by atoms with Crippen molar-refractivity contribution in [3.05, 3.63) is 36.2 Å². The number of hydrogen-bond acceptors (Lipinski definition) is 5. The highest BCUT2D eigenvalue weighted by Gasteiger charge is 2.12. The zero-order valence-electron chi connectivity index (χ0n) is 9.45. The van der Waals surface area contributed by atoms with Gasteiger partial charge in [0.2, 0.25) is 5.75 Å². The zero-order chi connectivity index (χ0) is 13.1. The maximum absolute atomic E-state index is 13.4. The minimum atomic E-state index is -0.615. The number of nitrogens with zero attached hydrogens (tertiary/aromatic N) is 2. The van der Waals surface area contributed by atoms with Crippen molar-refractivity contribution in [3.8, 4) is 5.75 Å². The molecule has 0 atom stereocenters. The summed E-state index contributed by atoms with van der Waals surface area (Å²) in [6.07, 6.45) is 1.19. The van der Waals surface area contributed by atoms with Gasteiger partial charge in [0.1, 0.15) is 18.0 Å². The van der Waals surface area contributed by atoms with Crippen molar-refractivity contribution < 1.29 is 13.5 Å². The Balaban J connectivity index is 2.40. The number of benzene rings is 1. The fraction of sp³-hybridized carbons (Fsp3) is 0.0909. The molecule has 5 nitrogen and oxygen atoms in total. The Kier molecular flexibility index (Phi) is 3.22. The number of rotatable bonds is 3. The minimum absolute atomic E-state index is 0.0635. The van der Waals surface area contributed by atoms with Crippen LogP contribution in [-0.2, 0) is 0 Å². The molecule has 1 aromatic heterocycles. The van der Waals surface area contributed by atoms with Crippen LogP contribution in [0, 0.1) is 11.6 Å². The lowest BCUT2D eigenvalue weighted by Crippen LogP contribution is -2.04. The van der Waals surface area contributed by atoms with Gasteiger partial charge < -0.3 is 15.8 Å². The lowest BCUT2D eigenvalue weighted by Gasteiger charge is -2.11. The maximum Gasteiger partial charge on any atom is 0.204 e. The van der Waals surface area contributed by atoms with Crippen molar-refractivity contribution in [2.24, 2.45) is 0 Å². The molecule has 3 N–H and O–H groups in total. The molecule has 0 aliphatic carbocycles. The molecule has 0 unspecified atom stereocenters. The molecule has 0 fully saturated rings. The van der Waals surface area contributed by atoms with E-state index in [0.717, 1.165) is 18.2 Å². The molecule has 0 saturated carbocycles. The third-order valence-electron chi connectivity index (χ3n) is 2.22. The molecule has 0 aliphatic heterocycles. The molecule has 0 spiro atoms. The molecule has 2 rings (SSSR count). The first kappa shape index (κ1) is 12.0. The first-order chi connectivity index (χ1) is 8.61. The monoisotopic (exact) mass is 252 g/mol. The van der Waals surface area contributed by atoms with E-state index in [1.807, 2.05) is 0 Å². The van der Waals surface area contributed by atoms with E-state index < -0.39 is 11.6 Å². The normalized spacial score (nSPS) is 10.2. The van der Waals surface area contributed by atoms with Gasteiger partial charge in [0.05, 0.1) is 12.8 Å². The zero-order valence-corrected chi connectivity index (χ0v) is 9.45. The number of aromatic nitrogens is 2. The fourth-order valence-corrected chi connectivity index (χ4v) is 1.40. The second-order valence-corrected chi connectivity index (χ2v) is 3.39. The van der Waals surface area contributed by atoms with Crippen molar-refractivity contribution >= 4 is 17.3 Å². The van der Waals surface area contributed by atoms with E-state index in [-0.39, 0.29) is 23.1 Å². The number of ether oxygens (including phenoxy) is 1. The van der Waals surface area contributed by atoms with Crippen molar-refractivity contribution in [3.63, 3.8) is 0 Å². The van der Waals surface area contributed by atoms with E-state index in [1.165, 1.54) is 13.4 Å². The van der Waals surface area contributed by atoms with E-state index in [9.17, 15) is 8.78 Å². The summed E-state index contributed by atoms with van der Waals surface area (Å²) in [5, 5.41) is 2.60.